The van der Waals surface area contributed by atoms with Crippen molar-refractivity contribution in [2.45, 2.75) is 19.4 Å². The Kier molecular flexibility index (Phi) is 5.83. The first kappa shape index (κ1) is 21.1. The van der Waals surface area contributed by atoms with E-state index in [9.17, 15) is 0 Å². The first-order valence-electron chi connectivity index (χ1n) is 12.0. The molecule has 172 valence electrons. The molecular formula is C28H28N4O2. The van der Waals surface area contributed by atoms with E-state index < -0.39 is 0 Å². The second kappa shape index (κ2) is 9.41. The lowest BCUT2D eigenvalue weighted by atomic mass is 10.1. The van der Waals surface area contributed by atoms with E-state index in [0.29, 0.717) is 5.89 Å². The van der Waals surface area contributed by atoms with E-state index in [0.717, 1.165) is 74.5 Å². The molecule has 2 aromatic heterocycles. The lowest BCUT2D eigenvalue weighted by Gasteiger charge is -2.26. The van der Waals surface area contributed by atoms with Crippen LogP contribution >= 0.6 is 0 Å². The van der Waals surface area contributed by atoms with Crippen LogP contribution in [0.1, 0.15) is 17.8 Å². The Hall–Kier alpha value is -3.48. The topological polar surface area (TPSA) is 56.3 Å². The van der Waals surface area contributed by atoms with Gasteiger partial charge in [0.15, 0.2) is 5.82 Å². The Morgan fingerprint density at radius 2 is 1.71 bits per heavy atom. The van der Waals surface area contributed by atoms with Crippen molar-refractivity contribution in [2.24, 2.45) is 0 Å². The normalized spacial score (nSPS) is 14.8. The quantitative estimate of drug-likeness (QED) is 0.342. The molecule has 34 heavy (non-hydrogen) atoms. The van der Waals surface area contributed by atoms with E-state index in [2.05, 4.69) is 87.6 Å². The molecule has 1 fully saturated rings. The Morgan fingerprint density at radius 3 is 2.62 bits per heavy atom. The first-order chi connectivity index (χ1) is 16.8. The highest BCUT2D eigenvalue weighted by Gasteiger charge is 2.17. The van der Waals surface area contributed by atoms with Crippen LogP contribution in [0.25, 0.3) is 33.1 Å². The highest BCUT2D eigenvalue weighted by atomic mass is 16.5. The number of hydrogen-bond donors (Lipinski definition) is 0. The third-order valence-corrected chi connectivity index (χ3v) is 6.63. The average molecular weight is 453 g/mol. The highest BCUT2D eigenvalue weighted by molar-refractivity contribution is 5.94. The van der Waals surface area contributed by atoms with Gasteiger partial charge in [0.25, 0.3) is 5.89 Å². The largest absolute Gasteiger partial charge is 0.379 e. The Balaban J connectivity index is 1.23. The van der Waals surface area contributed by atoms with Crippen molar-refractivity contribution >= 4 is 21.7 Å². The van der Waals surface area contributed by atoms with Gasteiger partial charge in [-0.15, -0.1) is 0 Å². The second-order valence-corrected chi connectivity index (χ2v) is 8.94. The SMILES string of the molecule is c1ccc2cc(Cn3cc(-c4nc(CCCN5CCOCC5)no4)c4ccccc43)ccc2c1. The van der Waals surface area contributed by atoms with Gasteiger partial charge in [0.2, 0.25) is 0 Å². The van der Waals surface area contributed by atoms with Crippen LogP contribution in [0.5, 0.6) is 0 Å². The molecule has 3 aromatic carbocycles. The number of ether oxygens (including phenoxy) is 1. The van der Waals surface area contributed by atoms with Crippen LogP contribution in [-0.2, 0) is 17.7 Å². The van der Waals surface area contributed by atoms with Crippen molar-refractivity contribution in [2.75, 3.05) is 32.8 Å². The molecule has 1 saturated heterocycles. The van der Waals surface area contributed by atoms with Gasteiger partial charge < -0.3 is 13.8 Å². The zero-order chi connectivity index (χ0) is 22.7. The summed E-state index contributed by atoms with van der Waals surface area (Å²) in [6.45, 7) is 5.50. The lowest BCUT2D eigenvalue weighted by Crippen LogP contribution is -2.36. The monoisotopic (exact) mass is 452 g/mol. The van der Waals surface area contributed by atoms with Crippen molar-refractivity contribution in [1.82, 2.24) is 19.6 Å². The fourth-order valence-corrected chi connectivity index (χ4v) is 4.83. The number of aromatic nitrogens is 3. The predicted octanol–water partition coefficient (Wildman–Crippen LogP) is 5.16. The molecular weight excluding hydrogens is 424 g/mol. The summed E-state index contributed by atoms with van der Waals surface area (Å²) in [6.07, 6.45) is 3.98. The fourth-order valence-electron chi connectivity index (χ4n) is 4.83. The highest BCUT2D eigenvalue weighted by Crippen LogP contribution is 2.30. The number of hydrogen-bond acceptors (Lipinski definition) is 5. The molecule has 0 N–H and O–H groups in total. The summed E-state index contributed by atoms with van der Waals surface area (Å²) in [5.74, 6) is 1.37. The van der Waals surface area contributed by atoms with Crippen LogP contribution in [0.4, 0.5) is 0 Å². The molecule has 1 aliphatic rings. The van der Waals surface area contributed by atoms with Crippen molar-refractivity contribution in [1.29, 1.82) is 0 Å². The van der Waals surface area contributed by atoms with Crippen molar-refractivity contribution in [3.63, 3.8) is 0 Å². The maximum absolute atomic E-state index is 5.71. The molecule has 0 unspecified atom stereocenters. The van der Waals surface area contributed by atoms with Gasteiger partial charge in [-0.25, -0.2) is 0 Å². The summed E-state index contributed by atoms with van der Waals surface area (Å²) in [4.78, 5) is 7.18. The third kappa shape index (κ3) is 4.34. The van der Waals surface area contributed by atoms with Crippen LogP contribution in [0.15, 0.2) is 77.4 Å². The molecule has 6 nitrogen and oxygen atoms in total. The number of nitrogens with zero attached hydrogens (tertiary/aromatic N) is 4. The summed E-state index contributed by atoms with van der Waals surface area (Å²) < 4.78 is 13.4. The molecule has 0 spiro atoms. The first-order valence-corrected chi connectivity index (χ1v) is 12.0. The molecule has 1 aliphatic heterocycles. The Morgan fingerprint density at radius 1 is 0.882 bits per heavy atom. The van der Waals surface area contributed by atoms with Crippen LogP contribution < -0.4 is 0 Å². The van der Waals surface area contributed by atoms with E-state index >= 15 is 0 Å². The number of aryl methyl sites for hydroxylation is 1. The van der Waals surface area contributed by atoms with E-state index in [4.69, 9.17) is 14.2 Å². The van der Waals surface area contributed by atoms with E-state index in [-0.39, 0.29) is 0 Å². The van der Waals surface area contributed by atoms with Gasteiger partial charge in [-0.05, 0) is 41.4 Å². The number of para-hydroxylation sites is 1. The summed E-state index contributed by atoms with van der Waals surface area (Å²) in [5, 5.41) is 7.92. The zero-order valence-corrected chi connectivity index (χ0v) is 19.2. The van der Waals surface area contributed by atoms with Gasteiger partial charge in [0.05, 0.1) is 18.8 Å². The fraction of sp³-hybridized carbons (Fsp3) is 0.286. The number of morpholine rings is 1. The summed E-state index contributed by atoms with van der Waals surface area (Å²) in [5.41, 5.74) is 3.42. The van der Waals surface area contributed by atoms with Gasteiger partial charge in [0.1, 0.15) is 0 Å². The van der Waals surface area contributed by atoms with Gasteiger partial charge in [0, 0.05) is 43.2 Å². The Bertz CT molecular complexity index is 1410. The van der Waals surface area contributed by atoms with Gasteiger partial charge in [-0.2, -0.15) is 4.98 Å². The van der Waals surface area contributed by atoms with Gasteiger partial charge in [-0.1, -0.05) is 59.8 Å². The lowest BCUT2D eigenvalue weighted by molar-refractivity contribution is 0.0374. The molecule has 0 amide bonds. The van der Waals surface area contributed by atoms with Crippen LogP contribution in [0.3, 0.4) is 0 Å². The van der Waals surface area contributed by atoms with Crippen molar-refractivity contribution < 1.29 is 9.26 Å². The minimum atomic E-state index is 0.592. The Labute approximate surface area is 198 Å². The third-order valence-electron chi connectivity index (χ3n) is 6.63. The predicted molar refractivity (Wildman–Crippen MR) is 134 cm³/mol. The molecule has 0 aliphatic carbocycles. The summed E-state index contributed by atoms with van der Waals surface area (Å²) >= 11 is 0. The van der Waals surface area contributed by atoms with Crippen molar-refractivity contribution in [3.8, 4) is 11.5 Å². The number of rotatable bonds is 7. The van der Waals surface area contributed by atoms with Gasteiger partial charge >= 0.3 is 0 Å². The molecule has 5 aromatic rings. The summed E-state index contributed by atoms with van der Waals surface area (Å²) in [7, 11) is 0. The molecule has 0 saturated carbocycles. The van der Waals surface area contributed by atoms with E-state index in [1.807, 2.05) is 0 Å². The smallest absolute Gasteiger partial charge is 0.260 e. The maximum Gasteiger partial charge on any atom is 0.260 e. The van der Waals surface area contributed by atoms with Gasteiger partial charge in [-0.3, -0.25) is 4.90 Å². The average Bonchev–Trinajstić information content (AvgIpc) is 3.50. The minimum absolute atomic E-state index is 0.592. The van der Waals surface area contributed by atoms with Crippen LogP contribution in [0, 0.1) is 0 Å². The maximum atomic E-state index is 5.71. The molecule has 3 heterocycles. The number of fused-ring (bicyclic) bond motifs is 2. The van der Waals surface area contributed by atoms with Crippen LogP contribution in [-0.4, -0.2) is 52.5 Å². The van der Waals surface area contributed by atoms with E-state index in [1.54, 1.807) is 0 Å². The zero-order valence-electron chi connectivity index (χ0n) is 19.2. The summed E-state index contributed by atoms with van der Waals surface area (Å²) in [6, 6.07) is 23.6. The molecule has 0 radical (unpaired) electrons. The minimum Gasteiger partial charge on any atom is -0.379 e. The number of benzene rings is 3. The van der Waals surface area contributed by atoms with Crippen molar-refractivity contribution in [3.05, 3.63) is 84.3 Å². The van der Waals surface area contributed by atoms with E-state index in [1.165, 1.54) is 16.3 Å². The molecule has 6 heteroatoms. The standard InChI is InChI=1S/C28H28N4O2/c1-2-7-23-18-21(11-12-22(23)6-1)19-32-20-25(24-8-3-4-9-26(24)32)28-29-27(30-34-28)10-5-13-31-14-16-33-17-15-31/h1-4,6-9,11-12,18,20H,5,10,13-17,19H2. The molecule has 6 rings (SSSR count). The second-order valence-electron chi connectivity index (χ2n) is 8.94. The molecule has 0 atom stereocenters. The van der Waals surface area contributed by atoms with Crippen LogP contribution in [0.2, 0.25) is 0 Å². The molecule has 0 bridgehead atoms.